The third-order valence-corrected chi connectivity index (χ3v) is 2.87. The molecular formula is C12H20F3N3. The van der Waals surface area contributed by atoms with Crippen molar-refractivity contribution in [2.75, 3.05) is 6.54 Å². The van der Waals surface area contributed by atoms with E-state index in [-0.39, 0.29) is 6.54 Å². The fourth-order valence-corrected chi connectivity index (χ4v) is 1.83. The highest BCUT2D eigenvalue weighted by Crippen LogP contribution is 2.21. The number of hydrogen-bond acceptors (Lipinski definition) is 2. The van der Waals surface area contributed by atoms with Gasteiger partial charge in [-0.2, -0.15) is 18.3 Å². The summed E-state index contributed by atoms with van der Waals surface area (Å²) in [5.74, 6) is 0. The van der Waals surface area contributed by atoms with E-state index >= 15 is 0 Å². The third-order valence-electron chi connectivity index (χ3n) is 2.87. The highest BCUT2D eigenvalue weighted by atomic mass is 19.4. The summed E-state index contributed by atoms with van der Waals surface area (Å²) in [5, 5.41) is 7.41. The van der Waals surface area contributed by atoms with E-state index in [1.165, 1.54) is 4.68 Å². The SMILES string of the molecule is CCCNCc1c(C)nn(CCC(F)(F)F)c1C. The lowest BCUT2D eigenvalue weighted by molar-refractivity contribution is -0.137. The van der Waals surface area contributed by atoms with E-state index < -0.39 is 12.6 Å². The number of nitrogens with zero attached hydrogens (tertiary/aromatic N) is 2. The van der Waals surface area contributed by atoms with Gasteiger partial charge >= 0.3 is 6.18 Å². The van der Waals surface area contributed by atoms with Crippen LogP contribution in [0.2, 0.25) is 0 Å². The summed E-state index contributed by atoms with van der Waals surface area (Å²) >= 11 is 0. The van der Waals surface area contributed by atoms with Crippen LogP contribution in [-0.2, 0) is 13.1 Å². The lowest BCUT2D eigenvalue weighted by atomic mass is 10.2. The summed E-state index contributed by atoms with van der Waals surface area (Å²) in [4.78, 5) is 0. The molecule has 1 heterocycles. The maximum absolute atomic E-state index is 12.2. The minimum Gasteiger partial charge on any atom is -0.313 e. The second-order valence-corrected chi connectivity index (χ2v) is 4.41. The van der Waals surface area contributed by atoms with Crippen molar-refractivity contribution in [2.24, 2.45) is 0 Å². The highest BCUT2D eigenvalue weighted by Gasteiger charge is 2.27. The zero-order valence-corrected chi connectivity index (χ0v) is 11.1. The zero-order valence-electron chi connectivity index (χ0n) is 11.1. The van der Waals surface area contributed by atoms with E-state index in [0.29, 0.717) is 6.54 Å². The van der Waals surface area contributed by atoms with E-state index in [0.717, 1.165) is 29.9 Å². The molecule has 0 aromatic carbocycles. The Morgan fingerprint density at radius 3 is 2.50 bits per heavy atom. The maximum Gasteiger partial charge on any atom is 0.390 e. The van der Waals surface area contributed by atoms with E-state index in [2.05, 4.69) is 17.3 Å². The number of nitrogens with one attached hydrogen (secondary N) is 1. The first-order valence-electron chi connectivity index (χ1n) is 6.15. The van der Waals surface area contributed by atoms with Crippen LogP contribution in [-0.4, -0.2) is 22.5 Å². The molecule has 18 heavy (non-hydrogen) atoms. The molecule has 0 amide bonds. The second kappa shape index (κ2) is 6.22. The number of alkyl halides is 3. The van der Waals surface area contributed by atoms with Crippen molar-refractivity contribution in [3.8, 4) is 0 Å². The molecular weight excluding hydrogens is 243 g/mol. The molecule has 0 aliphatic rings. The molecule has 0 saturated carbocycles. The number of rotatable bonds is 6. The summed E-state index contributed by atoms with van der Waals surface area (Å²) in [6.45, 7) is 7.17. The minimum absolute atomic E-state index is 0.107. The first-order chi connectivity index (χ1) is 8.35. The average molecular weight is 263 g/mol. The zero-order chi connectivity index (χ0) is 13.8. The fraction of sp³-hybridized carbons (Fsp3) is 0.750. The van der Waals surface area contributed by atoms with Gasteiger partial charge in [0, 0.05) is 24.3 Å². The van der Waals surface area contributed by atoms with Gasteiger partial charge in [-0.25, -0.2) is 0 Å². The number of hydrogen-bond donors (Lipinski definition) is 1. The molecule has 0 fully saturated rings. The van der Waals surface area contributed by atoms with Crippen LogP contribution in [0.4, 0.5) is 13.2 Å². The molecule has 1 rings (SSSR count). The Bertz CT molecular complexity index is 383. The van der Waals surface area contributed by atoms with Crippen molar-refractivity contribution in [3.63, 3.8) is 0 Å². The second-order valence-electron chi connectivity index (χ2n) is 4.41. The Morgan fingerprint density at radius 2 is 1.94 bits per heavy atom. The lowest BCUT2D eigenvalue weighted by Gasteiger charge is -2.08. The van der Waals surface area contributed by atoms with E-state index in [1.807, 2.05) is 13.8 Å². The van der Waals surface area contributed by atoms with E-state index in [4.69, 9.17) is 0 Å². The Balaban J connectivity index is 2.68. The Morgan fingerprint density at radius 1 is 1.28 bits per heavy atom. The molecule has 6 heteroatoms. The van der Waals surface area contributed by atoms with Crippen LogP contribution < -0.4 is 5.32 Å². The molecule has 0 bridgehead atoms. The molecule has 3 nitrogen and oxygen atoms in total. The van der Waals surface area contributed by atoms with Gasteiger partial charge in [-0.3, -0.25) is 4.68 Å². The van der Waals surface area contributed by atoms with Crippen LogP contribution in [0.15, 0.2) is 0 Å². The van der Waals surface area contributed by atoms with E-state index in [1.54, 1.807) is 0 Å². The Hall–Kier alpha value is -1.04. The summed E-state index contributed by atoms with van der Waals surface area (Å²) < 4.78 is 38.0. The van der Waals surface area contributed by atoms with Gasteiger partial charge in [0.2, 0.25) is 0 Å². The topological polar surface area (TPSA) is 29.9 Å². The smallest absolute Gasteiger partial charge is 0.313 e. The predicted molar refractivity (Wildman–Crippen MR) is 64.4 cm³/mol. The molecule has 0 atom stereocenters. The molecule has 0 aliphatic carbocycles. The van der Waals surface area contributed by atoms with Gasteiger partial charge in [-0.05, 0) is 26.8 Å². The normalized spacial score (nSPS) is 12.1. The monoisotopic (exact) mass is 263 g/mol. The van der Waals surface area contributed by atoms with Crippen LogP contribution >= 0.6 is 0 Å². The summed E-state index contributed by atoms with van der Waals surface area (Å²) in [6, 6.07) is 0. The Kier molecular flexibility index (Phi) is 5.19. The van der Waals surface area contributed by atoms with Gasteiger partial charge in [-0.1, -0.05) is 6.92 Å². The van der Waals surface area contributed by atoms with Gasteiger partial charge in [0.15, 0.2) is 0 Å². The van der Waals surface area contributed by atoms with Crippen LogP contribution in [0, 0.1) is 13.8 Å². The van der Waals surface area contributed by atoms with Gasteiger partial charge < -0.3 is 5.32 Å². The van der Waals surface area contributed by atoms with Gasteiger partial charge in [-0.15, -0.1) is 0 Å². The molecule has 104 valence electrons. The maximum atomic E-state index is 12.2. The van der Waals surface area contributed by atoms with Gasteiger partial charge in [0.1, 0.15) is 0 Å². The van der Waals surface area contributed by atoms with Crippen molar-refractivity contribution in [2.45, 2.75) is 52.9 Å². The number of aromatic nitrogens is 2. The third kappa shape index (κ3) is 4.33. The van der Waals surface area contributed by atoms with Crippen molar-refractivity contribution < 1.29 is 13.2 Å². The summed E-state index contributed by atoms with van der Waals surface area (Å²) in [6.07, 6.45) is -3.94. The number of halogens is 3. The van der Waals surface area contributed by atoms with Crippen molar-refractivity contribution in [1.29, 1.82) is 0 Å². The molecule has 1 aromatic rings. The van der Waals surface area contributed by atoms with Crippen molar-refractivity contribution >= 4 is 0 Å². The van der Waals surface area contributed by atoms with Crippen LogP contribution in [0.5, 0.6) is 0 Å². The summed E-state index contributed by atoms with van der Waals surface area (Å²) in [7, 11) is 0. The minimum atomic E-state index is -4.13. The van der Waals surface area contributed by atoms with Crippen LogP contribution in [0.1, 0.15) is 36.7 Å². The highest BCUT2D eigenvalue weighted by molar-refractivity contribution is 5.24. The van der Waals surface area contributed by atoms with E-state index in [9.17, 15) is 13.2 Å². The van der Waals surface area contributed by atoms with Gasteiger partial charge in [0.25, 0.3) is 0 Å². The van der Waals surface area contributed by atoms with Crippen LogP contribution in [0.25, 0.3) is 0 Å². The average Bonchev–Trinajstić information content (AvgIpc) is 2.53. The quantitative estimate of drug-likeness (QED) is 0.800. The first kappa shape index (κ1) is 15.0. The molecule has 1 N–H and O–H groups in total. The molecule has 0 spiro atoms. The standard InChI is InChI=1S/C12H20F3N3/c1-4-6-16-8-11-9(2)17-18(10(11)3)7-5-12(13,14)15/h16H,4-8H2,1-3H3. The van der Waals surface area contributed by atoms with Gasteiger partial charge in [0.05, 0.1) is 12.1 Å². The molecule has 0 radical (unpaired) electrons. The largest absolute Gasteiger partial charge is 0.390 e. The number of aryl methyl sites for hydroxylation is 2. The molecule has 0 aliphatic heterocycles. The van der Waals surface area contributed by atoms with Crippen molar-refractivity contribution in [3.05, 3.63) is 17.0 Å². The van der Waals surface area contributed by atoms with Crippen LogP contribution in [0.3, 0.4) is 0 Å². The Labute approximate surface area is 105 Å². The predicted octanol–water partition coefficient (Wildman–Crippen LogP) is 2.95. The molecule has 0 saturated heterocycles. The summed E-state index contributed by atoms with van der Waals surface area (Å²) in [5.41, 5.74) is 2.63. The molecule has 0 unspecified atom stereocenters. The molecule has 1 aromatic heterocycles. The lowest BCUT2D eigenvalue weighted by Crippen LogP contribution is -2.16. The van der Waals surface area contributed by atoms with Crippen molar-refractivity contribution in [1.82, 2.24) is 15.1 Å². The fourth-order valence-electron chi connectivity index (χ4n) is 1.83. The first-order valence-corrected chi connectivity index (χ1v) is 6.15.